The molecule has 0 spiro atoms. The number of benzene rings is 8. The van der Waals surface area contributed by atoms with Crippen molar-refractivity contribution in [1.29, 1.82) is 0 Å². The third-order valence-corrected chi connectivity index (χ3v) is 10.6. The van der Waals surface area contributed by atoms with Gasteiger partial charge in [-0.05, 0) is 62.7 Å². The molecule has 1 aliphatic heterocycles. The van der Waals surface area contributed by atoms with Gasteiger partial charge in [-0.15, -0.1) is 0 Å². The summed E-state index contributed by atoms with van der Waals surface area (Å²) in [7, 11) is 0. The van der Waals surface area contributed by atoms with Crippen LogP contribution in [0.2, 0.25) is 5.02 Å². The van der Waals surface area contributed by atoms with Crippen molar-refractivity contribution in [2.24, 2.45) is 0 Å². The van der Waals surface area contributed by atoms with Gasteiger partial charge in [0, 0.05) is 38.0 Å². The molecule has 0 bridgehead atoms. The number of hydrogen-bond acceptors (Lipinski definition) is 0. The van der Waals surface area contributed by atoms with Gasteiger partial charge in [0.2, 0.25) is 0 Å². The van der Waals surface area contributed by atoms with Crippen LogP contribution in [0.3, 0.4) is 0 Å². The second-order valence-electron chi connectivity index (χ2n) is 13.0. The number of hydrogen-bond donors (Lipinski definition) is 0. The first kappa shape index (κ1) is 28.8. The summed E-state index contributed by atoms with van der Waals surface area (Å²) in [5.41, 5.74) is 17.5. The Balaban J connectivity index is 1.31. The Kier molecular flexibility index (Phi) is 6.62. The molecule has 0 fully saturated rings. The minimum absolute atomic E-state index is 0.745. The second kappa shape index (κ2) is 11.5. The third-order valence-electron chi connectivity index (χ3n) is 10.3. The maximum absolute atomic E-state index is 7.35. The van der Waals surface area contributed by atoms with Gasteiger partial charge in [-0.1, -0.05) is 175 Å². The molecule has 0 unspecified atom stereocenters. The molecule has 9 aromatic rings. The molecule has 0 amide bonds. The first-order valence-electron chi connectivity index (χ1n) is 17.0. The topological polar surface area (TPSA) is 4.93 Å². The maximum atomic E-state index is 7.35. The van der Waals surface area contributed by atoms with E-state index in [1.165, 1.54) is 60.8 Å². The molecule has 50 heavy (non-hydrogen) atoms. The van der Waals surface area contributed by atoms with E-state index >= 15 is 0 Å². The van der Waals surface area contributed by atoms with Crippen LogP contribution in [0.5, 0.6) is 0 Å². The molecule has 2 heterocycles. The van der Waals surface area contributed by atoms with Crippen molar-refractivity contribution in [3.05, 3.63) is 187 Å². The van der Waals surface area contributed by atoms with E-state index in [2.05, 4.69) is 187 Å². The standard InChI is InChI=1S/C48H30ClN/c49-42-30-29-37(35-23-19-33(20-24-35)31-11-3-1-4-12-31)46-45(42)41-16-8-10-18-44(41)50-43-17-9-7-15-39(43)40-28-27-38(47(46)48(40)50)36-25-21-34(22-26-36)32-13-5-2-6-14-32/h1-30H. The van der Waals surface area contributed by atoms with Crippen LogP contribution in [0, 0.1) is 0 Å². The van der Waals surface area contributed by atoms with E-state index in [4.69, 9.17) is 11.6 Å². The Bertz CT molecular complexity index is 2720. The third kappa shape index (κ3) is 4.41. The molecule has 0 radical (unpaired) electrons. The summed E-state index contributed by atoms with van der Waals surface area (Å²) in [5.74, 6) is 0. The summed E-state index contributed by atoms with van der Waals surface area (Å²) in [6.45, 7) is 0. The first-order valence-corrected chi connectivity index (χ1v) is 17.4. The largest absolute Gasteiger partial charge is 0.308 e. The fraction of sp³-hybridized carbons (Fsp3) is 0. The Morgan fingerprint density at radius 3 is 1.48 bits per heavy atom. The summed E-state index contributed by atoms with van der Waals surface area (Å²) in [5, 5.41) is 3.21. The van der Waals surface area contributed by atoms with Crippen molar-refractivity contribution < 1.29 is 0 Å². The number of rotatable bonds is 4. The van der Waals surface area contributed by atoms with Crippen molar-refractivity contribution in [1.82, 2.24) is 4.57 Å². The van der Waals surface area contributed by atoms with Crippen LogP contribution >= 0.6 is 11.6 Å². The normalized spacial score (nSPS) is 11.7. The summed E-state index contributed by atoms with van der Waals surface area (Å²) in [6, 6.07) is 65.5. The predicted molar refractivity (Wildman–Crippen MR) is 212 cm³/mol. The van der Waals surface area contributed by atoms with Crippen LogP contribution in [-0.2, 0) is 0 Å². The van der Waals surface area contributed by atoms with E-state index in [-0.39, 0.29) is 0 Å². The van der Waals surface area contributed by atoms with Crippen molar-refractivity contribution >= 4 is 33.4 Å². The maximum Gasteiger partial charge on any atom is 0.0626 e. The lowest BCUT2D eigenvalue weighted by Crippen LogP contribution is -1.95. The van der Waals surface area contributed by atoms with Gasteiger partial charge in [-0.25, -0.2) is 0 Å². The first-order chi connectivity index (χ1) is 24.7. The van der Waals surface area contributed by atoms with Crippen molar-refractivity contribution in [2.45, 2.75) is 0 Å². The zero-order valence-electron chi connectivity index (χ0n) is 27.1. The van der Waals surface area contributed by atoms with Crippen LogP contribution in [-0.4, -0.2) is 4.57 Å². The SMILES string of the molecule is Clc1ccc(-c2ccc(-c3ccccc3)cc2)c2c1-c1ccccc1-n1c3ccccc3c3ccc(-c4ccc(-c5ccccc5)cc4)c-2c31. The van der Waals surface area contributed by atoms with Gasteiger partial charge in [0.25, 0.3) is 0 Å². The molecular weight excluding hydrogens is 626 g/mol. The predicted octanol–water partition coefficient (Wildman–Crippen LogP) is 13.8. The summed E-state index contributed by atoms with van der Waals surface area (Å²) < 4.78 is 2.47. The zero-order valence-corrected chi connectivity index (χ0v) is 27.9. The van der Waals surface area contributed by atoms with Gasteiger partial charge in [0.15, 0.2) is 0 Å². The fourth-order valence-corrected chi connectivity index (χ4v) is 8.23. The molecule has 0 N–H and O–H groups in total. The zero-order chi connectivity index (χ0) is 33.2. The van der Waals surface area contributed by atoms with E-state index in [1.54, 1.807) is 0 Å². The van der Waals surface area contributed by atoms with E-state index in [0.29, 0.717) is 0 Å². The van der Waals surface area contributed by atoms with Crippen LogP contribution < -0.4 is 0 Å². The highest BCUT2D eigenvalue weighted by molar-refractivity contribution is 6.35. The highest BCUT2D eigenvalue weighted by atomic mass is 35.5. The molecule has 234 valence electrons. The van der Waals surface area contributed by atoms with E-state index in [1.807, 2.05) is 0 Å². The molecule has 1 aliphatic rings. The Hall–Kier alpha value is -6.15. The molecule has 1 nitrogen and oxygen atoms in total. The minimum atomic E-state index is 0.745. The molecule has 0 saturated heterocycles. The van der Waals surface area contributed by atoms with Gasteiger partial charge >= 0.3 is 0 Å². The molecule has 0 atom stereocenters. The average Bonchev–Trinajstić information content (AvgIpc) is 3.45. The van der Waals surface area contributed by atoms with Gasteiger partial charge in [0.1, 0.15) is 0 Å². The highest BCUT2D eigenvalue weighted by Crippen LogP contribution is 2.54. The van der Waals surface area contributed by atoms with E-state index in [0.717, 1.165) is 38.5 Å². The summed E-state index contributed by atoms with van der Waals surface area (Å²) in [6.07, 6.45) is 0. The van der Waals surface area contributed by atoms with Gasteiger partial charge < -0.3 is 4.57 Å². The van der Waals surface area contributed by atoms with Crippen molar-refractivity contribution in [3.8, 4) is 72.4 Å². The number of para-hydroxylation sites is 2. The number of nitrogens with zero attached hydrogens (tertiary/aromatic N) is 1. The summed E-state index contributed by atoms with van der Waals surface area (Å²) in [4.78, 5) is 0. The van der Waals surface area contributed by atoms with Gasteiger partial charge in [0.05, 0.1) is 16.7 Å². The van der Waals surface area contributed by atoms with Gasteiger partial charge in [-0.2, -0.15) is 0 Å². The monoisotopic (exact) mass is 655 g/mol. The van der Waals surface area contributed by atoms with Crippen LogP contribution in [0.4, 0.5) is 0 Å². The number of aromatic nitrogens is 1. The Morgan fingerprint density at radius 2 is 0.820 bits per heavy atom. The molecule has 2 heteroatoms. The lowest BCUT2D eigenvalue weighted by molar-refractivity contribution is 1.19. The second-order valence-corrected chi connectivity index (χ2v) is 13.4. The molecular formula is C48H30ClN. The highest BCUT2D eigenvalue weighted by Gasteiger charge is 2.30. The lowest BCUT2D eigenvalue weighted by atomic mass is 9.83. The van der Waals surface area contributed by atoms with E-state index < -0.39 is 0 Å². The molecule has 8 aromatic carbocycles. The van der Waals surface area contributed by atoms with Crippen molar-refractivity contribution in [3.63, 3.8) is 0 Å². The van der Waals surface area contributed by atoms with Crippen molar-refractivity contribution in [2.75, 3.05) is 0 Å². The van der Waals surface area contributed by atoms with Gasteiger partial charge in [-0.3, -0.25) is 0 Å². The average molecular weight is 656 g/mol. The number of halogens is 1. The quantitative estimate of drug-likeness (QED) is 0.178. The summed E-state index contributed by atoms with van der Waals surface area (Å²) >= 11 is 7.35. The van der Waals surface area contributed by atoms with Crippen LogP contribution in [0.15, 0.2) is 182 Å². The minimum Gasteiger partial charge on any atom is -0.308 e. The van der Waals surface area contributed by atoms with E-state index in [9.17, 15) is 0 Å². The fourth-order valence-electron chi connectivity index (χ4n) is 7.97. The Labute approximate surface area is 296 Å². The van der Waals surface area contributed by atoms with Crippen LogP contribution in [0.25, 0.3) is 94.3 Å². The molecule has 1 aromatic heterocycles. The number of fused-ring (bicyclic) bond motifs is 8. The van der Waals surface area contributed by atoms with Crippen LogP contribution in [0.1, 0.15) is 0 Å². The molecule has 0 aliphatic carbocycles. The molecule has 0 saturated carbocycles. The molecule has 10 rings (SSSR count). The smallest absolute Gasteiger partial charge is 0.0626 e. The Morgan fingerprint density at radius 1 is 0.320 bits per heavy atom. The lowest BCUT2D eigenvalue weighted by Gasteiger charge is -2.20.